The van der Waals surface area contributed by atoms with Gasteiger partial charge < -0.3 is 10.2 Å². The maximum absolute atomic E-state index is 12.6. The number of amides is 2. The molecular formula is C22H19Cl2N3O4S. The highest BCUT2D eigenvalue weighted by molar-refractivity contribution is 7.92. The number of carbonyl (C=O) groups is 2. The van der Waals surface area contributed by atoms with Gasteiger partial charge in [-0.15, -0.1) is 0 Å². The Kier molecular flexibility index (Phi) is 7.40. The van der Waals surface area contributed by atoms with E-state index in [2.05, 4.69) is 10.0 Å². The van der Waals surface area contributed by atoms with Crippen LogP contribution in [-0.4, -0.2) is 38.7 Å². The zero-order valence-corrected chi connectivity index (χ0v) is 19.2. The summed E-state index contributed by atoms with van der Waals surface area (Å²) in [7, 11) is -2.47. The molecule has 0 fully saturated rings. The minimum absolute atomic E-state index is 0.0316. The van der Waals surface area contributed by atoms with Crippen LogP contribution in [0.1, 0.15) is 10.4 Å². The molecule has 3 aromatic rings. The number of halogens is 2. The number of hydrogen-bond donors (Lipinski definition) is 2. The summed E-state index contributed by atoms with van der Waals surface area (Å²) in [6.07, 6.45) is 0. The molecule has 0 aliphatic carbocycles. The lowest BCUT2D eigenvalue weighted by Gasteiger charge is -2.17. The van der Waals surface area contributed by atoms with E-state index in [0.29, 0.717) is 11.3 Å². The third-order valence-corrected chi connectivity index (χ3v) is 6.45. The van der Waals surface area contributed by atoms with Crippen LogP contribution in [0.3, 0.4) is 0 Å². The summed E-state index contributed by atoms with van der Waals surface area (Å²) in [5.41, 5.74) is 1.17. The van der Waals surface area contributed by atoms with Crippen LogP contribution in [0.25, 0.3) is 0 Å². The van der Waals surface area contributed by atoms with E-state index in [0.717, 1.165) is 0 Å². The number of nitrogens with one attached hydrogen (secondary N) is 2. The molecule has 2 N–H and O–H groups in total. The fourth-order valence-electron chi connectivity index (χ4n) is 2.80. The lowest BCUT2D eigenvalue weighted by Crippen LogP contribution is -2.34. The van der Waals surface area contributed by atoms with Gasteiger partial charge in [0.15, 0.2) is 0 Å². The molecule has 0 aliphatic heterocycles. The maximum atomic E-state index is 12.6. The highest BCUT2D eigenvalue weighted by Gasteiger charge is 2.20. The lowest BCUT2D eigenvalue weighted by molar-refractivity contribution is -0.116. The van der Waals surface area contributed by atoms with E-state index in [9.17, 15) is 18.0 Å². The van der Waals surface area contributed by atoms with Crippen molar-refractivity contribution >= 4 is 56.4 Å². The number of benzene rings is 3. The second-order valence-electron chi connectivity index (χ2n) is 6.83. The van der Waals surface area contributed by atoms with Gasteiger partial charge in [0.1, 0.15) is 4.90 Å². The Hall–Kier alpha value is -3.07. The smallest absolute Gasteiger partial charge is 0.263 e. The van der Waals surface area contributed by atoms with E-state index in [4.69, 9.17) is 23.2 Å². The molecule has 3 rings (SSSR count). The predicted octanol–water partition coefficient (Wildman–Crippen LogP) is 4.50. The molecule has 0 spiro atoms. The number of rotatable bonds is 7. The summed E-state index contributed by atoms with van der Waals surface area (Å²) in [6, 6.07) is 18.9. The van der Waals surface area contributed by atoms with Crippen molar-refractivity contribution in [1.82, 2.24) is 4.90 Å². The molecule has 10 heteroatoms. The fourth-order valence-corrected chi connectivity index (χ4v) is 4.63. The van der Waals surface area contributed by atoms with Crippen molar-refractivity contribution in [2.45, 2.75) is 4.90 Å². The van der Waals surface area contributed by atoms with Crippen molar-refractivity contribution in [3.8, 4) is 0 Å². The topological polar surface area (TPSA) is 95.6 Å². The van der Waals surface area contributed by atoms with Crippen molar-refractivity contribution in [2.24, 2.45) is 0 Å². The third-order valence-electron chi connectivity index (χ3n) is 4.35. The molecule has 0 aromatic heterocycles. The first-order valence-corrected chi connectivity index (χ1v) is 11.6. The Morgan fingerprint density at radius 3 is 2.22 bits per heavy atom. The minimum Gasteiger partial charge on any atom is -0.332 e. The van der Waals surface area contributed by atoms with Gasteiger partial charge in [0.2, 0.25) is 5.91 Å². The van der Waals surface area contributed by atoms with Crippen molar-refractivity contribution in [3.63, 3.8) is 0 Å². The van der Waals surface area contributed by atoms with Gasteiger partial charge in [-0.05, 0) is 54.6 Å². The highest BCUT2D eigenvalue weighted by Crippen LogP contribution is 2.27. The van der Waals surface area contributed by atoms with Gasteiger partial charge >= 0.3 is 0 Å². The van der Waals surface area contributed by atoms with E-state index in [1.54, 1.807) is 24.3 Å². The molecule has 32 heavy (non-hydrogen) atoms. The summed E-state index contributed by atoms with van der Waals surface area (Å²) in [5, 5.41) is 2.97. The molecule has 2 amide bonds. The van der Waals surface area contributed by atoms with Crippen LogP contribution in [-0.2, 0) is 14.8 Å². The Morgan fingerprint density at radius 2 is 1.56 bits per heavy atom. The summed E-state index contributed by atoms with van der Waals surface area (Å²) < 4.78 is 27.6. The van der Waals surface area contributed by atoms with E-state index in [-0.39, 0.29) is 39.0 Å². The largest absolute Gasteiger partial charge is 0.332 e. The summed E-state index contributed by atoms with van der Waals surface area (Å²) in [6.45, 7) is -0.143. The first-order chi connectivity index (χ1) is 15.2. The Labute approximate surface area is 196 Å². The van der Waals surface area contributed by atoms with Crippen LogP contribution < -0.4 is 10.0 Å². The molecule has 0 unspecified atom stereocenters. The molecule has 3 aromatic carbocycles. The number of nitrogens with zero attached hydrogens (tertiary/aromatic N) is 1. The average molecular weight is 492 g/mol. The molecule has 166 valence electrons. The van der Waals surface area contributed by atoms with Crippen LogP contribution in [0.15, 0.2) is 77.7 Å². The van der Waals surface area contributed by atoms with Crippen LogP contribution >= 0.6 is 23.2 Å². The highest BCUT2D eigenvalue weighted by atomic mass is 35.5. The lowest BCUT2D eigenvalue weighted by atomic mass is 10.2. The third kappa shape index (κ3) is 6.00. The Bertz CT molecular complexity index is 1230. The van der Waals surface area contributed by atoms with Crippen molar-refractivity contribution in [1.29, 1.82) is 0 Å². The fraction of sp³-hybridized carbons (Fsp3) is 0.0909. The standard InChI is InChI=1S/C22H19Cl2N3O4S/c1-27(14-21(28)25-17-5-3-2-4-6-17)22(29)15-7-10-18(11-8-15)26-32(30,31)20-13-16(23)9-12-19(20)24/h2-13,26H,14H2,1H3,(H,25,28). The van der Waals surface area contributed by atoms with Crippen LogP contribution in [0.4, 0.5) is 11.4 Å². The van der Waals surface area contributed by atoms with Crippen molar-refractivity contribution < 1.29 is 18.0 Å². The van der Waals surface area contributed by atoms with E-state index in [1.165, 1.54) is 54.4 Å². The number of sulfonamides is 1. The second-order valence-corrected chi connectivity index (χ2v) is 9.33. The Morgan fingerprint density at radius 1 is 0.906 bits per heavy atom. The van der Waals surface area contributed by atoms with Gasteiger partial charge in [-0.2, -0.15) is 0 Å². The van der Waals surface area contributed by atoms with Crippen molar-refractivity contribution in [3.05, 3.63) is 88.4 Å². The summed E-state index contributed by atoms with van der Waals surface area (Å²) in [4.78, 5) is 25.9. The predicted molar refractivity (Wildman–Crippen MR) is 126 cm³/mol. The van der Waals surface area contributed by atoms with Gasteiger partial charge in [0.05, 0.1) is 11.6 Å². The molecule has 0 radical (unpaired) electrons. The van der Waals surface area contributed by atoms with E-state index >= 15 is 0 Å². The SMILES string of the molecule is CN(CC(=O)Nc1ccccc1)C(=O)c1ccc(NS(=O)(=O)c2cc(Cl)ccc2Cl)cc1. The molecule has 0 saturated heterocycles. The van der Waals surface area contributed by atoms with Gasteiger partial charge in [-0.25, -0.2) is 8.42 Å². The normalized spacial score (nSPS) is 11.0. The van der Waals surface area contributed by atoms with Gasteiger partial charge in [0, 0.05) is 29.0 Å². The molecule has 0 heterocycles. The van der Waals surface area contributed by atoms with Crippen molar-refractivity contribution in [2.75, 3.05) is 23.6 Å². The van der Waals surface area contributed by atoms with Crippen LogP contribution in [0.2, 0.25) is 10.0 Å². The number of para-hydroxylation sites is 1. The number of likely N-dealkylation sites (N-methyl/N-ethyl adjacent to an activating group) is 1. The minimum atomic E-state index is -3.98. The molecular weight excluding hydrogens is 473 g/mol. The number of hydrogen-bond acceptors (Lipinski definition) is 4. The number of anilines is 2. The monoisotopic (exact) mass is 491 g/mol. The quantitative estimate of drug-likeness (QED) is 0.508. The first-order valence-electron chi connectivity index (χ1n) is 9.34. The second kappa shape index (κ2) is 10.0. The van der Waals surface area contributed by atoms with Gasteiger partial charge in [-0.1, -0.05) is 41.4 Å². The molecule has 7 nitrogen and oxygen atoms in total. The molecule has 0 saturated carbocycles. The first kappa shape index (κ1) is 23.6. The summed E-state index contributed by atoms with van der Waals surface area (Å²) in [5.74, 6) is -0.727. The molecule has 0 bridgehead atoms. The molecule has 0 atom stereocenters. The van der Waals surface area contributed by atoms with E-state index < -0.39 is 10.0 Å². The Balaban J connectivity index is 1.65. The van der Waals surface area contributed by atoms with Crippen LogP contribution in [0.5, 0.6) is 0 Å². The van der Waals surface area contributed by atoms with Crippen LogP contribution in [0, 0.1) is 0 Å². The van der Waals surface area contributed by atoms with Gasteiger partial charge in [-0.3, -0.25) is 14.3 Å². The average Bonchev–Trinajstić information content (AvgIpc) is 2.75. The summed E-state index contributed by atoms with van der Waals surface area (Å²) >= 11 is 11.9. The zero-order valence-electron chi connectivity index (χ0n) is 16.9. The molecule has 0 aliphatic rings. The zero-order chi connectivity index (χ0) is 23.3. The van der Waals surface area contributed by atoms with Gasteiger partial charge in [0.25, 0.3) is 15.9 Å². The van der Waals surface area contributed by atoms with E-state index in [1.807, 2.05) is 6.07 Å². The number of carbonyl (C=O) groups excluding carboxylic acids is 2. The maximum Gasteiger partial charge on any atom is 0.263 e.